The maximum Gasteiger partial charge on any atom is 0.241 e. The molecule has 0 saturated heterocycles. The van der Waals surface area contributed by atoms with E-state index in [0.29, 0.717) is 4.90 Å². The van der Waals surface area contributed by atoms with E-state index in [2.05, 4.69) is 4.72 Å². The molecule has 0 unspecified atom stereocenters. The van der Waals surface area contributed by atoms with E-state index < -0.39 is 10.0 Å². The van der Waals surface area contributed by atoms with Gasteiger partial charge in [0.2, 0.25) is 10.0 Å². The average molecular weight is 309 g/mol. The summed E-state index contributed by atoms with van der Waals surface area (Å²) in [5.41, 5.74) is 4.18. The smallest absolute Gasteiger partial charge is 0.208 e. The lowest BCUT2D eigenvalue weighted by molar-refractivity contribution is 0.509. The SMILES string of the molecule is Cc1cc(S(=O)(=O)NC2CCCCCC2)c(C)c(C)c1C. The van der Waals surface area contributed by atoms with Gasteiger partial charge in [0.25, 0.3) is 0 Å². The topological polar surface area (TPSA) is 46.2 Å². The Morgan fingerprint density at radius 1 is 0.905 bits per heavy atom. The van der Waals surface area contributed by atoms with Crippen LogP contribution in [0.4, 0.5) is 0 Å². The summed E-state index contributed by atoms with van der Waals surface area (Å²) in [7, 11) is -3.42. The van der Waals surface area contributed by atoms with Crippen LogP contribution in [0, 0.1) is 27.7 Å². The molecule has 3 nitrogen and oxygen atoms in total. The second-order valence-corrected chi connectivity index (χ2v) is 8.06. The molecule has 1 fully saturated rings. The van der Waals surface area contributed by atoms with Gasteiger partial charge in [0.1, 0.15) is 0 Å². The second kappa shape index (κ2) is 6.49. The zero-order chi connectivity index (χ0) is 15.6. The first-order valence-electron chi connectivity index (χ1n) is 7.92. The number of rotatable bonds is 3. The normalized spacial score (nSPS) is 17.7. The van der Waals surface area contributed by atoms with Crippen molar-refractivity contribution in [1.82, 2.24) is 4.72 Å². The second-order valence-electron chi connectivity index (χ2n) is 6.38. The van der Waals surface area contributed by atoms with Crippen LogP contribution in [0.3, 0.4) is 0 Å². The molecule has 0 aromatic heterocycles. The third kappa shape index (κ3) is 3.67. The van der Waals surface area contributed by atoms with Crippen LogP contribution in [-0.4, -0.2) is 14.5 Å². The Balaban J connectivity index is 2.31. The van der Waals surface area contributed by atoms with E-state index in [4.69, 9.17) is 0 Å². The van der Waals surface area contributed by atoms with Crippen molar-refractivity contribution in [2.75, 3.05) is 0 Å². The molecule has 118 valence electrons. The van der Waals surface area contributed by atoms with Crippen LogP contribution in [0.2, 0.25) is 0 Å². The van der Waals surface area contributed by atoms with Gasteiger partial charge in [-0.2, -0.15) is 0 Å². The minimum Gasteiger partial charge on any atom is -0.208 e. The first kappa shape index (κ1) is 16.5. The quantitative estimate of drug-likeness (QED) is 0.860. The Bertz CT molecular complexity index is 612. The lowest BCUT2D eigenvalue weighted by Crippen LogP contribution is -2.35. The van der Waals surface area contributed by atoms with Crippen LogP contribution in [0.1, 0.15) is 60.8 Å². The minimum absolute atomic E-state index is 0.0961. The van der Waals surface area contributed by atoms with Crippen LogP contribution in [-0.2, 0) is 10.0 Å². The number of sulfonamides is 1. The summed E-state index contributed by atoms with van der Waals surface area (Å²) in [6, 6.07) is 1.91. The van der Waals surface area contributed by atoms with E-state index in [9.17, 15) is 8.42 Å². The Morgan fingerprint density at radius 2 is 1.48 bits per heavy atom. The summed E-state index contributed by atoms with van der Waals surface area (Å²) in [5.74, 6) is 0. The first-order chi connectivity index (χ1) is 9.83. The van der Waals surface area contributed by atoms with E-state index in [1.165, 1.54) is 18.4 Å². The van der Waals surface area contributed by atoms with E-state index in [1.54, 1.807) is 0 Å². The number of benzene rings is 1. The van der Waals surface area contributed by atoms with Crippen molar-refractivity contribution in [3.8, 4) is 0 Å². The fraction of sp³-hybridized carbons (Fsp3) is 0.647. The number of hydrogen-bond acceptors (Lipinski definition) is 2. The van der Waals surface area contributed by atoms with E-state index in [0.717, 1.165) is 42.4 Å². The molecule has 2 rings (SSSR count). The first-order valence-corrected chi connectivity index (χ1v) is 9.41. The summed E-state index contributed by atoms with van der Waals surface area (Å²) >= 11 is 0. The van der Waals surface area contributed by atoms with Gasteiger partial charge >= 0.3 is 0 Å². The molecule has 1 N–H and O–H groups in total. The molecule has 0 bridgehead atoms. The zero-order valence-corrected chi connectivity index (χ0v) is 14.4. The molecule has 0 heterocycles. The molecule has 1 saturated carbocycles. The van der Waals surface area contributed by atoms with E-state index in [-0.39, 0.29) is 6.04 Å². The fourth-order valence-corrected chi connectivity index (χ4v) is 4.82. The minimum atomic E-state index is -3.42. The van der Waals surface area contributed by atoms with Crippen LogP contribution in [0.5, 0.6) is 0 Å². The van der Waals surface area contributed by atoms with Crippen LogP contribution in [0.25, 0.3) is 0 Å². The number of aryl methyl sites for hydroxylation is 1. The van der Waals surface area contributed by atoms with Crippen molar-refractivity contribution in [3.05, 3.63) is 28.3 Å². The van der Waals surface area contributed by atoms with E-state index >= 15 is 0 Å². The molecular weight excluding hydrogens is 282 g/mol. The highest BCUT2D eigenvalue weighted by Crippen LogP contribution is 2.26. The lowest BCUT2D eigenvalue weighted by atomic mass is 10.00. The molecule has 0 spiro atoms. The van der Waals surface area contributed by atoms with Gasteiger partial charge in [0.05, 0.1) is 4.90 Å². The molecule has 21 heavy (non-hydrogen) atoms. The van der Waals surface area contributed by atoms with Crippen LogP contribution < -0.4 is 4.72 Å². The fourth-order valence-electron chi connectivity index (χ4n) is 3.13. The van der Waals surface area contributed by atoms with Gasteiger partial charge in [-0.05, 0) is 68.9 Å². The molecule has 0 amide bonds. The average Bonchev–Trinajstić information content (AvgIpc) is 2.68. The predicted molar refractivity (Wildman–Crippen MR) is 87.2 cm³/mol. The molecule has 1 aromatic rings. The van der Waals surface area contributed by atoms with Crippen molar-refractivity contribution in [2.24, 2.45) is 0 Å². The third-order valence-electron chi connectivity index (χ3n) is 4.90. The molecule has 4 heteroatoms. The monoisotopic (exact) mass is 309 g/mol. The molecular formula is C17H27NO2S. The summed E-state index contributed by atoms with van der Waals surface area (Å²) in [4.78, 5) is 0.451. The summed E-state index contributed by atoms with van der Waals surface area (Å²) < 4.78 is 28.4. The van der Waals surface area contributed by atoms with Crippen molar-refractivity contribution >= 4 is 10.0 Å². The standard InChI is InChI=1S/C17H27NO2S/c1-12-11-17(15(4)14(3)13(12)2)21(19,20)18-16-9-7-5-6-8-10-16/h11,16,18H,5-10H2,1-4H3. The predicted octanol–water partition coefficient (Wildman–Crippen LogP) is 3.92. The van der Waals surface area contributed by atoms with E-state index in [1.807, 2.05) is 33.8 Å². The highest BCUT2D eigenvalue weighted by Gasteiger charge is 2.24. The summed E-state index contributed by atoms with van der Waals surface area (Å²) in [6.45, 7) is 7.94. The largest absolute Gasteiger partial charge is 0.241 e. The molecule has 1 aromatic carbocycles. The Labute approximate surface area is 129 Å². The number of nitrogens with one attached hydrogen (secondary N) is 1. The van der Waals surface area contributed by atoms with Gasteiger partial charge in [-0.3, -0.25) is 0 Å². The Morgan fingerprint density at radius 3 is 2.05 bits per heavy atom. The molecule has 1 aliphatic carbocycles. The maximum absolute atomic E-state index is 12.7. The van der Waals surface area contributed by atoms with Gasteiger partial charge in [-0.1, -0.05) is 25.7 Å². The third-order valence-corrected chi connectivity index (χ3v) is 6.55. The number of hydrogen-bond donors (Lipinski definition) is 1. The molecule has 0 atom stereocenters. The van der Waals surface area contributed by atoms with Crippen molar-refractivity contribution in [3.63, 3.8) is 0 Å². The van der Waals surface area contributed by atoms with Crippen LogP contribution >= 0.6 is 0 Å². The van der Waals surface area contributed by atoms with Gasteiger partial charge in [0.15, 0.2) is 0 Å². The summed E-state index contributed by atoms with van der Waals surface area (Å²) in [5, 5.41) is 0. The van der Waals surface area contributed by atoms with Crippen molar-refractivity contribution in [2.45, 2.75) is 77.2 Å². The zero-order valence-electron chi connectivity index (χ0n) is 13.6. The highest BCUT2D eigenvalue weighted by atomic mass is 32.2. The van der Waals surface area contributed by atoms with Crippen molar-refractivity contribution < 1.29 is 8.42 Å². The maximum atomic E-state index is 12.7. The van der Waals surface area contributed by atoms with Crippen LogP contribution in [0.15, 0.2) is 11.0 Å². The molecule has 1 aliphatic rings. The summed E-state index contributed by atoms with van der Waals surface area (Å²) in [6.07, 6.45) is 6.61. The van der Waals surface area contributed by atoms with Crippen molar-refractivity contribution in [1.29, 1.82) is 0 Å². The van der Waals surface area contributed by atoms with Gasteiger partial charge in [0, 0.05) is 6.04 Å². The van der Waals surface area contributed by atoms with Gasteiger partial charge < -0.3 is 0 Å². The van der Waals surface area contributed by atoms with Gasteiger partial charge in [-0.15, -0.1) is 0 Å². The molecule has 0 aliphatic heterocycles. The highest BCUT2D eigenvalue weighted by molar-refractivity contribution is 7.89. The Kier molecular flexibility index (Phi) is 5.10. The lowest BCUT2D eigenvalue weighted by Gasteiger charge is -2.19. The molecule has 0 radical (unpaired) electrons. The Hall–Kier alpha value is -0.870. The van der Waals surface area contributed by atoms with Gasteiger partial charge in [-0.25, -0.2) is 13.1 Å².